The summed E-state index contributed by atoms with van der Waals surface area (Å²) in [5.74, 6) is 0.407. The lowest BCUT2D eigenvalue weighted by Gasteiger charge is -2.13. The molecule has 24 heavy (non-hydrogen) atoms. The van der Waals surface area contributed by atoms with E-state index in [2.05, 4.69) is 4.72 Å². The molecule has 0 spiro atoms. The van der Waals surface area contributed by atoms with Crippen molar-refractivity contribution in [3.8, 4) is 5.75 Å². The van der Waals surface area contributed by atoms with Crippen molar-refractivity contribution >= 4 is 33.0 Å². The summed E-state index contributed by atoms with van der Waals surface area (Å²) in [5, 5.41) is 0.538. The van der Waals surface area contributed by atoms with Gasteiger partial charge in [0.25, 0.3) is 10.0 Å². The molecule has 6 nitrogen and oxygen atoms in total. The van der Waals surface area contributed by atoms with Gasteiger partial charge in [-0.15, -0.1) is 0 Å². The number of nitrogens with one attached hydrogen (secondary N) is 1. The van der Waals surface area contributed by atoms with Gasteiger partial charge >= 0.3 is 0 Å². The standard InChI is InChI=1S/C17H15NO5S/c1-11-3-4-16(22-2)15(7-11)18-24(20,21)14-8-12-5-6-23-17(12)13(9-14)10-19/h3-10,18H,1-2H3. The number of methoxy groups -OCH3 is 1. The maximum absolute atomic E-state index is 12.7. The Bertz CT molecular complexity index is 1020. The lowest BCUT2D eigenvalue weighted by atomic mass is 10.2. The van der Waals surface area contributed by atoms with Crippen molar-refractivity contribution < 1.29 is 22.4 Å². The molecule has 1 heterocycles. The van der Waals surface area contributed by atoms with Crippen molar-refractivity contribution in [2.45, 2.75) is 11.8 Å². The molecule has 0 radical (unpaired) electrons. The molecule has 124 valence electrons. The first-order valence-electron chi connectivity index (χ1n) is 7.08. The highest BCUT2D eigenvalue weighted by Crippen LogP contribution is 2.29. The number of rotatable bonds is 5. The summed E-state index contributed by atoms with van der Waals surface area (Å²) < 4.78 is 38.3. The van der Waals surface area contributed by atoms with Crippen LogP contribution in [0.3, 0.4) is 0 Å². The molecular formula is C17H15NO5S. The van der Waals surface area contributed by atoms with Gasteiger partial charge in [-0.3, -0.25) is 9.52 Å². The van der Waals surface area contributed by atoms with E-state index >= 15 is 0 Å². The monoisotopic (exact) mass is 345 g/mol. The fourth-order valence-electron chi connectivity index (χ4n) is 2.43. The number of ether oxygens (including phenoxy) is 1. The number of furan rings is 1. The molecule has 0 saturated carbocycles. The quantitative estimate of drug-likeness (QED) is 0.717. The number of carbonyl (C=O) groups excluding carboxylic acids is 1. The van der Waals surface area contributed by atoms with Crippen LogP contribution < -0.4 is 9.46 Å². The number of hydrogen-bond acceptors (Lipinski definition) is 5. The van der Waals surface area contributed by atoms with Crippen LogP contribution in [0.1, 0.15) is 15.9 Å². The van der Waals surface area contributed by atoms with Crippen molar-refractivity contribution in [3.63, 3.8) is 0 Å². The maximum Gasteiger partial charge on any atom is 0.262 e. The average Bonchev–Trinajstić information content (AvgIpc) is 3.02. The second kappa shape index (κ2) is 6.01. The summed E-state index contributed by atoms with van der Waals surface area (Å²) in [7, 11) is -2.43. The van der Waals surface area contributed by atoms with Crippen molar-refractivity contribution in [2.75, 3.05) is 11.8 Å². The average molecular weight is 345 g/mol. The Balaban J connectivity index is 2.08. The third-order valence-corrected chi connectivity index (χ3v) is 4.93. The molecule has 3 rings (SSSR count). The topological polar surface area (TPSA) is 85.6 Å². The Morgan fingerprint density at radius 1 is 1.17 bits per heavy atom. The second-order valence-electron chi connectivity index (χ2n) is 5.28. The van der Waals surface area contributed by atoms with Gasteiger partial charge in [-0.25, -0.2) is 8.42 Å². The zero-order valence-corrected chi connectivity index (χ0v) is 13.9. The number of fused-ring (bicyclic) bond motifs is 1. The van der Waals surface area contributed by atoms with Crippen LogP contribution in [0.25, 0.3) is 11.0 Å². The zero-order valence-electron chi connectivity index (χ0n) is 13.1. The minimum absolute atomic E-state index is 0.0259. The van der Waals surface area contributed by atoms with Crippen molar-refractivity contribution in [1.82, 2.24) is 0 Å². The minimum Gasteiger partial charge on any atom is -0.495 e. The second-order valence-corrected chi connectivity index (χ2v) is 6.96. The molecule has 0 atom stereocenters. The molecular weight excluding hydrogens is 330 g/mol. The largest absolute Gasteiger partial charge is 0.495 e. The van der Waals surface area contributed by atoms with Crippen LogP contribution in [-0.2, 0) is 10.0 Å². The molecule has 3 aromatic rings. The number of aryl methyl sites for hydroxylation is 1. The molecule has 0 unspecified atom stereocenters. The van der Waals surface area contributed by atoms with Crippen LogP contribution >= 0.6 is 0 Å². The first kappa shape index (κ1) is 16.1. The Morgan fingerprint density at radius 3 is 2.67 bits per heavy atom. The summed E-state index contributed by atoms with van der Waals surface area (Å²) in [5.41, 5.74) is 1.75. The van der Waals surface area contributed by atoms with Crippen molar-refractivity contribution in [2.24, 2.45) is 0 Å². The Morgan fingerprint density at radius 2 is 1.96 bits per heavy atom. The van der Waals surface area contributed by atoms with E-state index < -0.39 is 10.0 Å². The Labute approximate surface area is 139 Å². The fourth-order valence-corrected chi connectivity index (χ4v) is 3.56. The molecule has 0 fully saturated rings. The van der Waals surface area contributed by atoms with E-state index in [1.807, 2.05) is 13.0 Å². The van der Waals surface area contributed by atoms with Gasteiger partial charge in [-0.2, -0.15) is 0 Å². The maximum atomic E-state index is 12.7. The van der Waals surface area contributed by atoms with E-state index in [9.17, 15) is 13.2 Å². The normalized spacial score (nSPS) is 11.4. The van der Waals surface area contributed by atoms with Crippen LogP contribution in [-0.4, -0.2) is 21.8 Å². The van der Waals surface area contributed by atoms with Crippen LogP contribution in [0, 0.1) is 6.92 Å². The molecule has 0 saturated heterocycles. The first-order chi connectivity index (χ1) is 11.4. The smallest absolute Gasteiger partial charge is 0.262 e. The highest BCUT2D eigenvalue weighted by Gasteiger charge is 2.19. The lowest BCUT2D eigenvalue weighted by molar-refractivity contribution is 0.112. The molecule has 0 amide bonds. The van der Waals surface area contributed by atoms with Crippen LogP contribution in [0.2, 0.25) is 0 Å². The van der Waals surface area contributed by atoms with E-state index in [0.29, 0.717) is 28.7 Å². The highest BCUT2D eigenvalue weighted by atomic mass is 32.2. The van der Waals surface area contributed by atoms with Crippen molar-refractivity contribution in [3.05, 3.63) is 53.8 Å². The number of carbonyl (C=O) groups is 1. The molecule has 1 N–H and O–H groups in total. The van der Waals surface area contributed by atoms with E-state index in [0.717, 1.165) is 5.56 Å². The van der Waals surface area contributed by atoms with Crippen LogP contribution in [0.5, 0.6) is 5.75 Å². The first-order valence-corrected chi connectivity index (χ1v) is 8.57. The summed E-state index contributed by atoms with van der Waals surface area (Å²) in [4.78, 5) is 11.2. The Hall–Kier alpha value is -2.80. The molecule has 7 heteroatoms. The van der Waals surface area contributed by atoms with E-state index in [1.165, 1.54) is 25.5 Å². The van der Waals surface area contributed by atoms with E-state index in [4.69, 9.17) is 9.15 Å². The predicted octanol–water partition coefficient (Wildman–Crippen LogP) is 3.36. The van der Waals surface area contributed by atoms with Gasteiger partial charge in [0.1, 0.15) is 11.3 Å². The third-order valence-electron chi connectivity index (χ3n) is 3.59. The number of aldehydes is 1. The van der Waals surface area contributed by atoms with Gasteiger partial charge in [-0.1, -0.05) is 6.07 Å². The molecule has 0 aliphatic carbocycles. The van der Waals surface area contributed by atoms with E-state index in [-0.39, 0.29) is 10.5 Å². The summed E-state index contributed by atoms with van der Waals surface area (Å²) in [6.07, 6.45) is 1.98. The Kier molecular flexibility index (Phi) is 4.02. The highest BCUT2D eigenvalue weighted by molar-refractivity contribution is 7.92. The molecule has 0 aliphatic heterocycles. The summed E-state index contributed by atoms with van der Waals surface area (Å²) in [6, 6.07) is 9.52. The predicted molar refractivity (Wildman–Crippen MR) is 90.1 cm³/mol. The molecule has 1 aromatic heterocycles. The fraction of sp³-hybridized carbons (Fsp3) is 0.118. The number of benzene rings is 2. The van der Waals surface area contributed by atoms with Crippen LogP contribution in [0.4, 0.5) is 5.69 Å². The van der Waals surface area contributed by atoms with Gasteiger partial charge in [0.2, 0.25) is 0 Å². The number of sulfonamides is 1. The van der Waals surface area contributed by atoms with E-state index in [1.54, 1.807) is 18.2 Å². The van der Waals surface area contributed by atoms with Crippen molar-refractivity contribution in [1.29, 1.82) is 0 Å². The van der Waals surface area contributed by atoms with Gasteiger partial charge in [0.05, 0.1) is 29.5 Å². The lowest BCUT2D eigenvalue weighted by Crippen LogP contribution is -2.14. The zero-order chi connectivity index (χ0) is 17.3. The van der Waals surface area contributed by atoms with Gasteiger partial charge in [-0.05, 0) is 42.8 Å². The number of hydrogen-bond donors (Lipinski definition) is 1. The van der Waals surface area contributed by atoms with Gasteiger partial charge in [0, 0.05) is 5.39 Å². The van der Waals surface area contributed by atoms with Gasteiger partial charge in [0.15, 0.2) is 6.29 Å². The molecule has 0 bridgehead atoms. The number of anilines is 1. The summed E-state index contributed by atoms with van der Waals surface area (Å²) in [6.45, 7) is 1.85. The minimum atomic E-state index is -3.90. The van der Waals surface area contributed by atoms with Crippen LogP contribution in [0.15, 0.2) is 52.0 Å². The molecule has 0 aliphatic rings. The third kappa shape index (κ3) is 2.85. The SMILES string of the molecule is COc1ccc(C)cc1NS(=O)(=O)c1cc(C=O)c2occc2c1. The van der Waals surface area contributed by atoms with Gasteiger partial charge < -0.3 is 9.15 Å². The molecule has 2 aromatic carbocycles. The summed E-state index contributed by atoms with van der Waals surface area (Å²) >= 11 is 0.